The summed E-state index contributed by atoms with van der Waals surface area (Å²) in [5.41, 5.74) is 0.618. The summed E-state index contributed by atoms with van der Waals surface area (Å²) < 4.78 is 38.3. The number of halogens is 3. The minimum Gasteiger partial charge on any atom is -0.395 e. The molecule has 6 heteroatoms. The lowest BCUT2D eigenvalue weighted by atomic mass is 10.1. The van der Waals surface area contributed by atoms with Gasteiger partial charge in [0.25, 0.3) is 0 Å². The minimum atomic E-state index is -4.75. The molecule has 0 spiro atoms. The highest BCUT2D eigenvalue weighted by Gasteiger charge is 2.29. The summed E-state index contributed by atoms with van der Waals surface area (Å²) in [7, 11) is 0. The molecule has 1 aromatic carbocycles. The Morgan fingerprint density at radius 1 is 1.31 bits per heavy atom. The van der Waals surface area contributed by atoms with Gasteiger partial charge in [-0.2, -0.15) is 0 Å². The van der Waals surface area contributed by atoms with Gasteiger partial charge >= 0.3 is 6.36 Å². The molecular weight excluding hydrogens is 223 g/mol. The van der Waals surface area contributed by atoms with E-state index in [1.54, 1.807) is 30.3 Å². The topological polar surface area (TPSA) is 41.8 Å². The van der Waals surface area contributed by atoms with Crippen LogP contribution in [0.5, 0.6) is 0 Å². The van der Waals surface area contributed by atoms with Crippen LogP contribution in [0.4, 0.5) is 13.2 Å². The van der Waals surface area contributed by atoms with Crippen molar-refractivity contribution in [2.75, 3.05) is 6.61 Å². The first-order chi connectivity index (χ1) is 7.53. The fourth-order valence-electron chi connectivity index (χ4n) is 1.08. The molecule has 0 unspecified atom stereocenters. The average Bonchev–Trinajstić information content (AvgIpc) is 2.24. The third-order valence-electron chi connectivity index (χ3n) is 1.78. The van der Waals surface area contributed by atoms with Gasteiger partial charge in [0, 0.05) is 0 Å². The van der Waals surface area contributed by atoms with E-state index in [0.29, 0.717) is 12.0 Å². The molecule has 0 radical (unpaired) electrons. The summed E-state index contributed by atoms with van der Waals surface area (Å²) >= 11 is 0. The molecule has 1 aromatic rings. The molecule has 1 N–H and O–H groups in total. The fourth-order valence-corrected chi connectivity index (χ4v) is 1.08. The van der Waals surface area contributed by atoms with E-state index in [0.717, 1.165) is 0 Å². The molecule has 1 rings (SSSR count). The Kier molecular flexibility index (Phi) is 4.30. The molecule has 0 aliphatic carbocycles. The van der Waals surface area contributed by atoms with Gasteiger partial charge in [0.2, 0.25) is 0 Å². The van der Waals surface area contributed by atoms with Gasteiger partial charge in [0.15, 0.2) is 6.40 Å². The number of aliphatic hydroxyl groups is 1. The summed E-state index contributed by atoms with van der Waals surface area (Å²) in [4.78, 5) is 3.48. The normalized spacial score (nSPS) is 14.0. The van der Waals surface area contributed by atoms with Gasteiger partial charge < -0.3 is 9.84 Å². The van der Waals surface area contributed by atoms with Crippen LogP contribution in [0.2, 0.25) is 0 Å². The molecule has 0 aliphatic rings. The first kappa shape index (κ1) is 12.5. The Labute approximate surface area is 90.2 Å². The lowest BCUT2D eigenvalue weighted by Crippen LogP contribution is -2.12. The van der Waals surface area contributed by atoms with Gasteiger partial charge in [0.1, 0.15) is 6.04 Å². The summed E-state index contributed by atoms with van der Waals surface area (Å²) in [6.07, 6.45) is -4.45. The second-order valence-corrected chi connectivity index (χ2v) is 2.93. The first-order valence-corrected chi connectivity index (χ1v) is 4.45. The molecule has 16 heavy (non-hydrogen) atoms. The molecule has 0 saturated heterocycles. The van der Waals surface area contributed by atoms with Crippen LogP contribution in [0.15, 0.2) is 35.3 Å². The molecule has 0 fully saturated rings. The van der Waals surface area contributed by atoms with E-state index in [9.17, 15) is 13.2 Å². The largest absolute Gasteiger partial charge is 0.573 e. The van der Waals surface area contributed by atoms with Crippen LogP contribution in [0, 0.1) is 0 Å². The van der Waals surface area contributed by atoms with Gasteiger partial charge in [-0.3, -0.25) is 0 Å². The molecule has 88 valence electrons. The van der Waals surface area contributed by atoms with Crippen molar-refractivity contribution in [2.45, 2.75) is 12.4 Å². The number of hydrogen-bond donors (Lipinski definition) is 1. The maximum Gasteiger partial charge on any atom is 0.573 e. The zero-order valence-electron chi connectivity index (χ0n) is 8.19. The minimum absolute atomic E-state index is 0.299. The van der Waals surface area contributed by atoms with Crippen molar-refractivity contribution in [1.29, 1.82) is 0 Å². The molecule has 3 nitrogen and oxygen atoms in total. The van der Waals surface area contributed by atoms with E-state index in [1.807, 2.05) is 0 Å². The molecule has 0 heterocycles. The predicted molar refractivity (Wildman–Crippen MR) is 51.9 cm³/mol. The Bertz CT molecular complexity index is 338. The highest BCUT2D eigenvalue weighted by Crippen LogP contribution is 2.18. The number of nitrogens with zero attached hydrogens (tertiary/aromatic N) is 1. The van der Waals surface area contributed by atoms with Crippen molar-refractivity contribution in [3.8, 4) is 0 Å². The molecule has 0 amide bonds. The van der Waals surface area contributed by atoms with E-state index in [1.165, 1.54) is 0 Å². The number of alkyl halides is 3. The van der Waals surface area contributed by atoms with Crippen molar-refractivity contribution in [2.24, 2.45) is 4.99 Å². The lowest BCUT2D eigenvalue weighted by Gasteiger charge is -2.09. The Balaban J connectivity index is 2.63. The third-order valence-corrected chi connectivity index (χ3v) is 1.78. The molecular formula is C10H10F3NO2. The Morgan fingerprint density at radius 2 is 1.94 bits per heavy atom. The Hall–Kier alpha value is -1.56. The third kappa shape index (κ3) is 4.31. The molecule has 0 aromatic heterocycles. The van der Waals surface area contributed by atoms with Gasteiger partial charge in [-0.1, -0.05) is 30.3 Å². The second-order valence-electron chi connectivity index (χ2n) is 2.93. The molecule has 0 bridgehead atoms. The van der Waals surface area contributed by atoms with E-state index >= 15 is 0 Å². The number of aliphatic imine (C=N–C) groups is 1. The van der Waals surface area contributed by atoms with Crippen molar-refractivity contribution < 1.29 is 23.0 Å². The maximum absolute atomic E-state index is 11.6. The molecule has 0 aliphatic heterocycles. The van der Waals surface area contributed by atoms with Crippen molar-refractivity contribution in [3.63, 3.8) is 0 Å². The SMILES string of the molecule is OC[C@@H](/N=C\OC(F)(F)F)c1ccccc1. The van der Waals surface area contributed by atoms with Gasteiger partial charge in [-0.25, -0.2) is 4.99 Å². The van der Waals surface area contributed by atoms with Crippen molar-refractivity contribution in [1.82, 2.24) is 0 Å². The van der Waals surface area contributed by atoms with Gasteiger partial charge in [0.05, 0.1) is 6.61 Å². The van der Waals surface area contributed by atoms with E-state index in [-0.39, 0.29) is 6.61 Å². The number of hydrogen-bond acceptors (Lipinski definition) is 3. The van der Waals surface area contributed by atoms with Crippen LogP contribution in [0.25, 0.3) is 0 Å². The highest BCUT2D eigenvalue weighted by atomic mass is 19.4. The zero-order valence-corrected chi connectivity index (χ0v) is 8.19. The lowest BCUT2D eigenvalue weighted by molar-refractivity contribution is -0.280. The summed E-state index contributed by atoms with van der Waals surface area (Å²) in [6.45, 7) is -0.387. The summed E-state index contributed by atoms with van der Waals surface area (Å²) in [5, 5.41) is 8.96. The van der Waals surface area contributed by atoms with Crippen LogP contribution in [-0.2, 0) is 4.74 Å². The Morgan fingerprint density at radius 3 is 2.44 bits per heavy atom. The van der Waals surface area contributed by atoms with Crippen LogP contribution in [0.1, 0.15) is 11.6 Å². The first-order valence-electron chi connectivity index (χ1n) is 4.45. The summed E-state index contributed by atoms with van der Waals surface area (Å²) in [6, 6.07) is 7.74. The highest BCUT2D eigenvalue weighted by molar-refractivity contribution is 5.47. The van der Waals surface area contributed by atoms with Crippen LogP contribution < -0.4 is 0 Å². The molecule has 0 saturated carbocycles. The van der Waals surface area contributed by atoms with E-state index in [4.69, 9.17) is 5.11 Å². The van der Waals surface area contributed by atoms with Gasteiger partial charge in [-0.15, -0.1) is 13.2 Å². The van der Waals surface area contributed by atoms with Crippen LogP contribution >= 0.6 is 0 Å². The maximum atomic E-state index is 11.6. The standard InChI is InChI=1S/C10H10F3NO2/c11-10(12,13)16-7-14-9(6-15)8-4-2-1-3-5-8/h1-5,7,9,15H,6H2/b14-7-/t9-/m1/s1. The van der Waals surface area contributed by atoms with E-state index in [2.05, 4.69) is 9.73 Å². The second kappa shape index (κ2) is 5.50. The predicted octanol–water partition coefficient (Wildman–Crippen LogP) is 2.28. The zero-order chi connectivity index (χ0) is 12.0. The smallest absolute Gasteiger partial charge is 0.395 e. The summed E-state index contributed by atoms with van der Waals surface area (Å²) in [5.74, 6) is 0. The van der Waals surface area contributed by atoms with Crippen molar-refractivity contribution >= 4 is 6.40 Å². The fraction of sp³-hybridized carbons (Fsp3) is 0.300. The van der Waals surface area contributed by atoms with Crippen molar-refractivity contribution in [3.05, 3.63) is 35.9 Å². The number of ether oxygens (including phenoxy) is 1. The van der Waals surface area contributed by atoms with Crippen LogP contribution in [-0.4, -0.2) is 24.5 Å². The molecule has 1 atom stereocenters. The van der Waals surface area contributed by atoms with E-state index < -0.39 is 12.4 Å². The number of rotatable bonds is 4. The monoisotopic (exact) mass is 233 g/mol. The number of aliphatic hydroxyl groups excluding tert-OH is 1. The van der Waals surface area contributed by atoms with Crippen LogP contribution in [0.3, 0.4) is 0 Å². The number of benzene rings is 1. The quantitative estimate of drug-likeness (QED) is 0.640. The average molecular weight is 233 g/mol. The van der Waals surface area contributed by atoms with Gasteiger partial charge in [-0.05, 0) is 5.56 Å².